The van der Waals surface area contributed by atoms with Crippen LogP contribution in [0.5, 0.6) is 0 Å². The van der Waals surface area contributed by atoms with Crippen LogP contribution >= 0.6 is 0 Å². The van der Waals surface area contributed by atoms with Gasteiger partial charge >= 0.3 is 6.87 Å². The van der Waals surface area contributed by atoms with Crippen LogP contribution < -0.4 is 4.81 Å². The van der Waals surface area contributed by atoms with Crippen LogP contribution in [0.3, 0.4) is 0 Å². The standard InChI is InChI=1S/C28H26B2N4/c29-30-33(27-17-15-23(19-31-27)21-9-3-1-4-10-21)25-13-7-8-14-26(25)34(30)28-18-16-24(20-32-28)22-11-5-2-6-12-22/h1-5,7-11,13-15,17,19-20,25-26H,6,12,16,18H2. The molecular weight excluding hydrogens is 414 g/mol. The van der Waals surface area contributed by atoms with E-state index >= 15 is 0 Å². The first-order valence-corrected chi connectivity index (χ1v) is 12.1. The van der Waals surface area contributed by atoms with Crippen molar-refractivity contribution >= 4 is 26.3 Å². The van der Waals surface area contributed by atoms with Gasteiger partial charge in [0.1, 0.15) is 5.82 Å². The fourth-order valence-corrected chi connectivity index (χ4v) is 5.38. The topological polar surface area (TPSA) is 31.7 Å². The zero-order valence-corrected chi connectivity index (χ0v) is 19.2. The number of benzene rings is 1. The molecule has 0 saturated carbocycles. The SMILES string of the molecule is [B]B1N(C2=NC=C(C3=CC=CCC3)CC2)C2C=CC=CC2N1c1ccc(-c2ccccc2)cn1. The van der Waals surface area contributed by atoms with Gasteiger partial charge in [-0.05, 0) is 48.1 Å². The molecule has 0 N–H and O–H groups in total. The van der Waals surface area contributed by atoms with E-state index in [1.165, 1.54) is 11.1 Å². The third-order valence-corrected chi connectivity index (χ3v) is 7.12. The van der Waals surface area contributed by atoms with Crippen LogP contribution in [0.2, 0.25) is 0 Å². The van der Waals surface area contributed by atoms with E-state index in [9.17, 15) is 0 Å². The van der Waals surface area contributed by atoms with Crippen molar-refractivity contribution in [1.82, 2.24) is 9.79 Å². The molecule has 6 rings (SSSR count). The zero-order chi connectivity index (χ0) is 22.9. The van der Waals surface area contributed by atoms with Crippen LogP contribution in [-0.4, -0.2) is 42.3 Å². The number of fused-ring (bicyclic) bond motifs is 1. The zero-order valence-electron chi connectivity index (χ0n) is 19.2. The summed E-state index contributed by atoms with van der Waals surface area (Å²) in [5.41, 5.74) is 5.03. The van der Waals surface area contributed by atoms with Gasteiger partial charge in [0, 0.05) is 24.4 Å². The van der Waals surface area contributed by atoms with Crippen molar-refractivity contribution in [3.8, 4) is 11.1 Å². The molecule has 2 aliphatic carbocycles. The van der Waals surface area contributed by atoms with Crippen molar-refractivity contribution in [1.29, 1.82) is 0 Å². The van der Waals surface area contributed by atoms with E-state index in [4.69, 9.17) is 17.7 Å². The second-order valence-electron chi connectivity index (χ2n) is 9.11. The molecule has 4 aliphatic rings. The van der Waals surface area contributed by atoms with E-state index in [0.717, 1.165) is 48.5 Å². The summed E-state index contributed by atoms with van der Waals surface area (Å²) < 4.78 is 0. The maximum atomic E-state index is 6.89. The summed E-state index contributed by atoms with van der Waals surface area (Å²) in [6, 6.07) is 14.8. The third-order valence-electron chi connectivity index (χ3n) is 7.12. The third kappa shape index (κ3) is 3.77. The van der Waals surface area contributed by atoms with Crippen LogP contribution in [-0.2, 0) is 0 Å². The number of allylic oxidation sites excluding steroid dienone is 7. The lowest BCUT2D eigenvalue weighted by atomic mass is 9.50. The Balaban J connectivity index is 1.29. The first-order chi connectivity index (χ1) is 16.8. The molecule has 2 atom stereocenters. The molecule has 164 valence electrons. The predicted octanol–water partition coefficient (Wildman–Crippen LogP) is 5.24. The molecule has 3 heterocycles. The monoisotopic (exact) mass is 440 g/mol. The molecule has 1 aromatic carbocycles. The minimum atomic E-state index is -0.331. The highest BCUT2D eigenvalue weighted by Gasteiger charge is 2.47. The second-order valence-corrected chi connectivity index (χ2v) is 9.11. The molecule has 2 aromatic rings. The lowest BCUT2D eigenvalue weighted by molar-refractivity contribution is 0.525. The molecule has 34 heavy (non-hydrogen) atoms. The number of nitrogens with zero attached hydrogens (tertiary/aromatic N) is 4. The maximum Gasteiger partial charge on any atom is 0.314 e. The minimum absolute atomic E-state index is 0.120. The van der Waals surface area contributed by atoms with E-state index in [0.29, 0.717) is 0 Å². The van der Waals surface area contributed by atoms with E-state index < -0.39 is 0 Å². The van der Waals surface area contributed by atoms with Crippen molar-refractivity contribution in [2.45, 2.75) is 37.8 Å². The van der Waals surface area contributed by atoms with Gasteiger partial charge in [-0.3, -0.25) is 0 Å². The Labute approximate surface area is 203 Å². The van der Waals surface area contributed by atoms with Crippen LogP contribution in [0.25, 0.3) is 11.1 Å². The molecule has 0 bridgehead atoms. The lowest BCUT2D eigenvalue weighted by Crippen LogP contribution is -2.50. The summed E-state index contributed by atoms with van der Waals surface area (Å²) in [6.45, 7) is -0.331. The Kier molecular flexibility index (Phi) is 5.58. The van der Waals surface area contributed by atoms with Crippen LogP contribution in [0.1, 0.15) is 25.7 Å². The van der Waals surface area contributed by atoms with Gasteiger partial charge in [0.15, 0.2) is 0 Å². The number of rotatable bonds is 3. The number of aliphatic imine (C=N–C) groups is 1. The Hall–Kier alpha value is -3.53. The van der Waals surface area contributed by atoms with Gasteiger partial charge in [0.25, 0.3) is 0 Å². The average Bonchev–Trinajstić information content (AvgIpc) is 3.21. The van der Waals surface area contributed by atoms with E-state index in [2.05, 4.69) is 82.6 Å². The van der Waals surface area contributed by atoms with Gasteiger partial charge in [0.05, 0.1) is 25.7 Å². The number of aromatic nitrogens is 1. The van der Waals surface area contributed by atoms with Gasteiger partial charge < -0.3 is 9.62 Å². The van der Waals surface area contributed by atoms with E-state index in [1.807, 2.05) is 24.4 Å². The van der Waals surface area contributed by atoms with Crippen molar-refractivity contribution in [2.24, 2.45) is 4.99 Å². The van der Waals surface area contributed by atoms with Crippen molar-refractivity contribution in [3.63, 3.8) is 0 Å². The Morgan fingerprint density at radius 2 is 1.65 bits per heavy atom. The summed E-state index contributed by atoms with van der Waals surface area (Å²) >= 11 is 0. The van der Waals surface area contributed by atoms with Crippen LogP contribution in [0, 0.1) is 0 Å². The summed E-state index contributed by atoms with van der Waals surface area (Å²) in [6.07, 6.45) is 23.4. The molecule has 1 fully saturated rings. The number of hydrogen-bond acceptors (Lipinski definition) is 4. The van der Waals surface area contributed by atoms with Gasteiger partial charge in [0.2, 0.25) is 0 Å². The highest BCUT2D eigenvalue weighted by atomic mass is 15.4. The maximum absolute atomic E-state index is 6.89. The average molecular weight is 440 g/mol. The summed E-state index contributed by atoms with van der Waals surface area (Å²) in [7, 11) is 6.89. The number of hydrogen-bond donors (Lipinski definition) is 0. The first kappa shape index (κ1) is 21.0. The number of anilines is 1. The molecule has 2 unspecified atom stereocenters. The molecule has 0 spiro atoms. The van der Waals surface area contributed by atoms with Crippen LogP contribution in [0.4, 0.5) is 5.82 Å². The summed E-state index contributed by atoms with van der Waals surface area (Å²) in [5, 5.41) is 0. The van der Waals surface area contributed by atoms with Crippen LogP contribution in [0.15, 0.2) is 114 Å². The summed E-state index contributed by atoms with van der Waals surface area (Å²) in [5.74, 6) is 1.94. The fourth-order valence-electron chi connectivity index (χ4n) is 5.38. The Morgan fingerprint density at radius 3 is 2.32 bits per heavy atom. The van der Waals surface area contributed by atoms with Gasteiger partial charge in [-0.2, -0.15) is 0 Å². The first-order valence-electron chi connectivity index (χ1n) is 12.1. The summed E-state index contributed by atoms with van der Waals surface area (Å²) in [4.78, 5) is 14.2. The normalized spacial score (nSPS) is 23.5. The largest absolute Gasteiger partial charge is 0.383 e. The quantitative estimate of drug-likeness (QED) is 0.612. The highest BCUT2D eigenvalue weighted by molar-refractivity contribution is 7.05. The smallest absolute Gasteiger partial charge is 0.314 e. The molecule has 2 radical (unpaired) electrons. The van der Waals surface area contributed by atoms with E-state index in [-0.39, 0.29) is 19.0 Å². The Bertz CT molecular complexity index is 1240. The second kappa shape index (κ2) is 9.02. The highest BCUT2D eigenvalue weighted by Crippen LogP contribution is 2.35. The van der Waals surface area contributed by atoms with Crippen molar-refractivity contribution in [2.75, 3.05) is 4.81 Å². The molecule has 6 heteroatoms. The fraction of sp³-hybridized carbons (Fsp3) is 0.214. The van der Waals surface area contributed by atoms with Gasteiger partial charge in [-0.1, -0.05) is 72.9 Å². The predicted molar refractivity (Wildman–Crippen MR) is 143 cm³/mol. The van der Waals surface area contributed by atoms with Gasteiger partial charge in [-0.25, -0.2) is 9.98 Å². The molecule has 0 amide bonds. The molecule has 1 saturated heterocycles. The minimum Gasteiger partial charge on any atom is -0.383 e. The number of amidine groups is 1. The molecule has 1 aromatic heterocycles. The van der Waals surface area contributed by atoms with E-state index in [1.54, 1.807) is 0 Å². The number of pyridine rings is 1. The van der Waals surface area contributed by atoms with Crippen molar-refractivity contribution in [3.05, 3.63) is 109 Å². The Morgan fingerprint density at radius 1 is 0.824 bits per heavy atom. The molecule has 4 nitrogen and oxygen atoms in total. The molecule has 2 aliphatic heterocycles. The van der Waals surface area contributed by atoms with Gasteiger partial charge in [-0.15, -0.1) is 0 Å². The van der Waals surface area contributed by atoms with Crippen molar-refractivity contribution < 1.29 is 0 Å². The molecular formula is C28H26B2N4. The lowest BCUT2D eigenvalue weighted by Gasteiger charge is -2.32.